The smallest absolute Gasteiger partial charge is 0.141 e. The lowest BCUT2D eigenvalue weighted by atomic mass is 9.96. The zero-order chi connectivity index (χ0) is 16.0. The molecule has 0 bridgehead atoms. The van der Waals surface area contributed by atoms with Crippen LogP contribution in [-0.2, 0) is 0 Å². The molecule has 4 rings (SSSR count). The zero-order valence-electron chi connectivity index (χ0n) is 13.8. The van der Waals surface area contributed by atoms with Gasteiger partial charge in [0.15, 0.2) is 0 Å². The fourth-order valence-corrected chi connectivity index (χ4v) is 3.35. The van der Waals surface area contributed by atoms with E-state index in [1.165, 1.54) is 27.5 Å². The van der Waals surface area contributed by atoms with Crippen LogP contribution in [0, 0.1) is 6.92 Å². The van der Waals surface area contributed by atoms with Crippen molar-refractivity contribution in [3.8, 4) is 0 Å². The largest absolute Gasteiger partial charge is 0.456 e. The fourth-order valence-electron chi connectivity index (χ4n) is 3.35. The molecule has 116 valence electrons. The maximum atomic E-state index is 6.25. The Morgan fingerprint density at radius 2 is 1.91 bits per heavy atom. The average molecular weight is 303 g/mol. The summed E-state index contributed by atoms with van der Waals surface area (Å²) in [6.45, 7) is 6.60. The Labute approximate surface area is 136 Å². The summed E-state index contributed by atoms with van der Waals surface area (Å²) in [5, 5.41) is 5.83. The average Bonchev–Trinajstić information content (AvgIpc) is 2.92. The summed E-state index contributed by atoms with van der Waals surface area (Å²) in [5.74, 6) is 0.516. The number of furan rings is 1. The van der Waals surface area contributed by atoms with E-state index in [9.17, 15) is 0 Å². The lowest BCUT2D eigenvalue weighted by Crippen LogP contribution is -2.16. The second-order valence-electron chi connectivity index (χ2n) is 6.57. The summed E-state index contributed by atoms with van der Waals surface area (Å²) in [7, 11) is 0. The van der Waals surface area contributed by atoms with E-state index in [2.05, 4.69) is 68.6 Å². The maximum absolute atomic E-state index is 6.25. The number of allylic oxidation sites excluding steroid dienone is 2. The molecular formula is C21H21NO. The number of nitrogens with one attached hydrogen (secondary N) is 1. The van der Waals surface area contributed by atoms with Gasteiger partial charge in [-0.15, -0.1) is 0 Å². The molecule has 2 heterocycles. The molecule has 23 heavy (non-hydrogen) atoms. The molecule has 0 aliphatic carbocycles. The third-order valence-corrected chi connectivity index (χ3v) is 4.68. The summed E-state index contributed by atoms with van der Waals surface area (Å²) in [5.41, 5.74) is 5.79. The van der Waals surface area contributed by atoms with Crippen LogP contribution in [0.25, 0.3) is 21.9 Å². The minimum absolute atomic E-state index is 0.161. The van der Waals surface area contributed by atoms with Crippen molar-refractivity contribution in [2.24, 2.45) is 0 Å². The van der Waals surface area contributed by atoms with Crippen molar-refractivity contribution in [2.75, 3.05) is 0 Å². The van der Waals surface area contributed by atoms with Crippen LogP contribution in [0.1, 0.15) is 42.5 Å². The molecule has 1 unspecified atom stereocenters. The van der Waals surface area contributed by atoms with Crippen LogP contribution < -0.4 is 5.32 Å². The summed E-state index contributed by atoms with van der Waals surface area (Å²) in [6.07, 6.45) is 8.26. The molecule has 3 aromatic rings. The van der Waals surface area contributed by atoms with Gasteiger partial charge in [-0.1, -0.05) is 44.2 Å². The first-order chi connectivity index (χ1) is 11.1. The molecule has 2 nitrogen and oxygen atoms in total. The number of rotatable bonds is 2. The van der Waals surface area contributed by atoms with Gasteiger partial charge in [-0.25, -0.2) is 0 Å². The molecule has 2 heteroatoms. The van der Waals surface area contributed by atoms with Crippen LogP contribution in [0.3, 0.4) is 0 Å². The van der Waals surface area contributed by atoms with Gasteiger partial charge < -0.3 is 9.73 Å². The molecule has 0 amide bonds. The Hall–Kier alpha value is -2.48. The van der Waals surface area contributed by atoms with Gasteiger partial charge in [-0.3, -0.25) is 0 Å². The molecule has 1 atom stereocenters. The Bertz CT molecular complexity index is 943. The highest BCUT2D eigenvalue weighted by atomic mass is 16.3. The predicted octanol–water partition coefficient (Wildman–Crippen LogP) is 5.73. The molecular weight excluding hydrogens is 282 g/mol. The SMILES string of the molecule is Cc1ccc2c(oc3ccc(C(C)C)cc32)c1C1C=CC=CN1. The Balaban J connectivity index is 2.00. The second kappa shape index (κ2) is 5.31. The van der Waals surface area contributed by atoms with Gasteiger partial charge in [-0.05, 0) is 48.4 Å². The molecule has 1 aromatic heterocycles. The van der Waals surface area contributed by atoms with Crippen LogP contribution in [0.2, 0.25) is 0 Å². The Kier molecular flexibility index (Phi) is 3.26. The van der Waals surface area contributed by atoms with E-state index in [0.717, 1.165) is 11.2 Å². The first-order valence-electron chi connectivity index (χ1n) is 8.20. The highest BCUT2D eigenvalue weighted by molar-refractivity contribution is 6.06. The van der Waals surface area contributed by atoms with E-state index in [1.54, 1.807) is 0 Å². The number of aryl methyl sites for hydroxylation is 1. The first-order valence-corrected chi connectivity index (χ1v) is 8.20. The fraction of sp³-hybridized carbons (Fsp3) is 0.238. The lowest BCUT2D eigenvalue weighted by Gasteiger charge is -2.18. The molecule has 1 aliphatic heterocycles. The minimum atomic E-state index is 0.161. The third-order valence-electron chi connectivity index (χ3n) is 4.68. The van der Waals surface area contributed by atoms with E-state index in [1.807, 2.05) is 12.3 Å². The topological polar surface area (TPSA) is 25.2 Å². The van der Waals surface area contributed by atoms with Gasteiger partial charge in [-0.2, -0.15) is 0 Å². The molecule has 0 spiro atoms. The quantitative estimate of drug-likeness (QED) is 0.654. The summed E-state index contributed by atoms with van der Waals surface area (Å²) in [4.78, 5) is 0. The number of hydrogen-bond acceptors (Lipinski definition) is 2. The highest BCUT2D eigenvalue weighted by Crippen LogP contribution is 2.37. The van der Waals surface area contributed by atoms with Gasteiger partial charge >= 0.3 is 0 Å². The van der Waals surface area contributed by atoms with Crippen molar-refractivity contribution in [1.82, 2.24) is 5.32 Å². The molecule has 0 fully saturated rings. The van der Waals surface area contributed by atoms with Crippen LogP contribution >= 0.6 is 0 Å². The van der Waals surface area contributed by atoms with E-state index < -0.39 is 0 Å². The number of fused-ring (bicyclic) bond motifs is 3. The van der Waals surface area contributed by atoms with Crippen molar-refractivity contribution in [3.05, 3.63) is 71.5 Å². The number of hydrogen-bond donors (Lipinski definition) is 1. The van der Waals surface area contributed by atoms with Crippen molar-refractivity contribution in [3.63, 3.8) is 0 Å². The maximum Gasteiger partial charge on any atom is 0.141 e. The Morgan fingerprint density at radius 1 is 1.04 bits per heavy atom. The minimum Gasteiger partial charge on any atom is -0.456 e. The Morgan fingerprint density at radius 3 is 2.65 bits per heavy atom. The van der Waals surface area contributed by atoms with Crippen molar-refractivity contribution < 1.29 is 4.42 Å². The van der Waals surface area contributed by atoms with Gasteiger partial charge in [0.25, 0.3) is 0 Å². The summed E-state index contributed by atoms with van der Waals surface area (Å²) < 4.78 is 6.25. The highest BCUT2D eigenvalue weighted by Gasteiger charge is 2.19. The van der Waals surface area contributed by atoms with Crippen molar-refractivity contribution >= 4 is 21.9 Å². The van der Waals surface area contributed by atoms with Crippen LogP contribution in [0.5, 0.6) is 0 Å². The number of dihydropyridines is 1. The first kappa shape index (κ1) is 14.1. The third kappa shape index (κ3) is 2.26. The normalized spacial score (nSPS) is 17.3. The van der Waals surface area contributed by atoms with Crippen LogP contribution in [0.15, 0.2) is 59.2 Å². The van der Waals surface area contributed by atoms with Crippen LogP contribution in [-0.4, -0.2) is 0 Å². The molecule has 0 saturated heterocycles. The molecule has 1 aliphatic rings. The standard InChI is InChI=1S/C21H21NO/c1-13(2)15-8-10-19-17(12-15)16-9-7-14(3)20(21(16)23-19)18-6-4-5-11-22-18/h4-13,18,22H,1-3H3. The molecule has 1 N–H and O–H groups in total. The van der Waals surface area contributed by atoms with Gasteiger partial charge in [0.05, 0.1) is 6.04 Å². The summed E-state index contributed by atoms with van der Waals surface area (Å²) in [6, 6.07) is 11.1. The second-order valence-corrected chi connectivity index (χ2v) is 6.57. The van der Waals surface area contributed by atoms with Gasteiger partial charge in [0.2, 0.25) is 0 Å². The van der Waals surface area contributed by atoms with E-state index in [0.29, 0.717) is 5.92 Å². The van der Waals surface area contributed by atoms with Crippen molar-refractivity contribution in [2.45, 2.75) is 32.7 Å². The van der Waals surface area contributed by atoms with Crippen molar-refractivity contribution in [1.29, 1.82) is 0 Å². The molecule has 0 saturated carbocycles. The van der Waals surface area contributed by atoms with Gasteiger partial charge in [0.1, 0.15) is 11.2 Å². The molecule has 0 radical (unpaired) electrons. The zero-order valence-corrected chi connectivity index (χ0v) is 13.8. The molecule has 2 aromatic carbocycles. The number of benzene rings is 2. The lowest BCUT2D eigenvalue weighted by molar-refractivity contribution is 0.646. The van der Waals surface area contributed by atoms with Crippen LogP contribution in [0.4, 0.5) is 0 Å². The van der Waals surface area contributed by atoms with E-state index >= 15 is 0 Å². The van der Waals surface area contributed by atoms with E-state index in [4.69, 9.17) is 4.42 Å². The summed E-state index contributed by atoms with van der Waals surface area (Å²) >= 11 is 0. The van der Waals surface area contributed by atoms with Gasteiger partial charge in [0, 0.05) is 16.3 Å². The van der Waals surface area contributed by atoms with E-state index in [-0.39, 0.29) is 6.04 Å². The monoisotopic (exact) mass is 303 g/mol. The predicted molar refractivity (Wildman–Crippen MR) is 96.7 cm³/mol.